The normalized spacial score (nSPS) is 12.5. The Labute approximate surface area is 135 Å². The van der Waals surface area contributed by atoms with Crippen LogP contribution in [-0.2, 0) is 9.53 Å². The lowest BCUT2D eigenvalue weighted by Gasteiger charge is -2.21. The minimum Gasteiger partial charge on any atom is -0.444 e. The second-order valence-electron chi connectivity index (χ2n) is 6.30. The van der Waals surface area contributed by atoms with Gasteiger partial charge in [-0.15, -0.1) is 0 Å². The molecule has 0 saturated carbocycles. The van der Waals surface area contributed by atoms with Crippen LogP contribution >= 0.6 is 0 Å². The van der Waals surface area contributed by atoms with Crippen molar-refractivity contribution in [3.8, 4) is 5.75 Å². The summed E-state index contributed by atoms with van der Waals surface area (Å²) < 4.78 is 10.4. The van der Waals surface area contributed by atoms with E-state index in [0.717, 1.165) is 10.8 Å². The van der Waals surface area contributed by atoms with Gasteiger partial charge in [0.2, 0.25) is 0 Å². The number of esters is 1. The zero-order chi connectivity index (χ0) is 17.0. The van der Waals surface area contributed by atoms with Gasteiger partial charge in [-0.25, -0.2) is 9.59 Å². The molecule has 0 aliphatic carbocycles. The quantitative estimate of drug-likeness (QED) is 0.693. The summed E-state index contributed by atoms with van der Waals surface area (Å²) >= 11 is 0. The van der Waals surface area contributed by atoms with Gasteiger partial charge in [0.05, 0.1) is 0 Å². The molecule has 1 atom stereocenters. The summed E-state index contributed by atoms with van der Waals surface area (Å²) in [7, 11) is 0. The molecule has 0 aromatic heterocycles. The maximum absolute atomic E-state index is 12.1. The largest absolute Gasteiger partial charge is 0.444 e. The van der Waals surface area contributed by atoms with Crippen molar-refractivity contribution < 1.29 is 19.1 Å². The van der Waals surface area contributed by atoms with Crippen molar-refractivity contribution in [1.29, 1.82) is 0 Å². The zero-order valence-corrected chi connectivity index (χ0v) is 13.8. The van der Waals surface area contributed by atoms with Crippen LogP contribution < -0.4 is 10.1 Å². The van der Waals surface area contributed by atoms with E-state index in [4.69, 9.17) is 9.47 Å². The van der Waals surface area contributed by atoms with Gasteiger partial charge in [0.15, 0.2) is 0 Å². The third kappa shape index (κ3) is 4.98. The standard InChI is InChI=1S/C18H21NO4/c1-12(19-17(21)23-18(2,3)4)16(20)22-15-10-9-13-7-5-6-8-14(13)11-15/h5-12H,1-4H3,(H,19,21)/t12-/m0/s1. The van der Waals surface area contributed by atoms with E-state index in [-0.39, 0.29) is 0 Å². The minimum absolute atomic E-state index is 0.437. The predicted molar refractivity (Wildman–Crippen MR) is 88.4 cm³/mol. The Morgan fingerprint density at radius 1 is 1.04 bits per heavy atom. The topological polar surface area (TPSA) is 64.6 Å². The van der Waals surface area contributed by atoms with Gasteiger partial charge in [-0.2, -0.15) is 0 Å². The van der Waals surface area contributed by atoms with Crippen molar-refractivity contribution in [2.24, 2.45) is 0 Å². The zero-order valence-electron chi connectivity index (χ0n) is 13.8. The maximum Gasteiger partial charge on any atom is 0.408 e. The van der Waals surface area contributed by atoms with Crippen molar-refractivity contribution in [2.75, 3.05) is 0 Å². The van der Waals surface area contributed by atoms with Crippen LogP contribution in [0.5, 0.6) is 5.75 Å². The summed E-state index contributed by atoms with van der Waals surface area (Å²) in [5.74, 6) is -0.113. The van der Waals surface area contributed by atoms with E-state index in [0.29, 0.717) is 5.75 Å². The Bertz CT molecular complexity index is 718. The van der Waals surface area contributed by atoms with Gasteiger partial charge in [-0.05, 0) is 50.6 Å². The molecule has 122 valence electrons. The summed E-state index contributed by atoms with van der Waals surface area (Å²) in [4.78, 5) is 23.7. The molecule has 23 heavy (non-hydrogen) atoms. The van der Waals surface area contributed by atoms with Crippen LogP contribution in [-0.4, -0.2) is 23.7 Å². The molecule has 2 aromatic rings. The average molecular weight is 315 g/mol. The van der Waals surface area contributed by atoms with Gasteiger partial charge in [0.1, 0.15) is 17.4 Å². The van der Waals surface area contributed by atoms with Gasteiger partial charge in [0.25, 0.3) is 0 Å². The van der Waals surface area contributed by atoms with E-state index in [2.05, 4.69) is 5.32 Å². The molecule has 0 unspecified atom stereocenters. The molecule has 0 bridgehead atoms. The number of carbonyl (C=O) groups excluding carboxylic acids is 2. The highest BCUT2D eigenvalue weighted by Gasteiger charge is 2.22. The first kappa shape index (κ1) is 16.8. The molecule has 0 aliphatic heterocycles. The number of rotatable bonds is 3. The van der Waals surface area contributed by atoms with Gasteiger partial charge in [0, 0.05) is 0 Å². The lowest BCUT2D eigenvalue weighted by Crippen LogP contribution is -2.43. The Hall–Kier alpha value is -2.56. The Balaban J connectivity index is 1.98. The lowest BCUT2D eigenvalue weighted by molar-refractivity contribution is -0.136. The molecule has 0 aliphatic rings. The van der Waals surface area contributed by atoms with Gasteiger partial charge in [-0.3, -0.25) is 0 Å². The maximum atomic E-state index is 12.1. The smallest absolute Gasteiger partial charge is 0.408 e. The molecule has 0 saturated heterocycles. The van der Waals surface area contributed by atoms with E-state index >= 15 is 0 Å². The second kappa shape index (κ2) is 6.69. The molecule has 1 amide bonds. The van der Waals surface area contributed by atoms with E-state index < -0.39 is 23.7 Å². The van der Waals surface area contributed by atoms with Crippen molar-refractivity contribution in [3.05, 3.63) is 42.5 Å². The van der Waals surface area contributed by atoms with Gasteiger partial charge < -0.3 is 14.8 Å². The summed E-state index contributed by atoms with van der Waals surface area (Å²) in [5, 5.41) is 4.50. The summed E-state index contributed by atoms with van der Waals surface area (Å²) in [6.45, 7) is 6.81. The summed E-state index contributed by atoms with van der Waals surface area (Å²) in [6, 6.07) is 12.4. The van der Waals surface area contributed by atoms with E-state index in [1.165, 1.54) is 0 Å². The molecule has 0 spiro atoms. The Morgan fingerprint density at radius 2 is 1.70 bits per heavy atom. The Kier molecular flexibility index (Phi) is 4.89. The van der Waals surface area contributed by atoms with Crippen LogP contribution in [0.3, 0.4) is 0 Å². The van der Waals surface area contributed by atoms with Crippen LogP contribution in [0.2, 0.25) is 0 Å². The van der Waals surface area contributed by atoms with E-state index in [9.17, 15) is 9.59 Å². The molecule has 2 rings (SSSR count). The first-order valence-electron chi connectivity index (χ1n) is 7.44. The fourth-order valence-electron chi connectivity index (χ4n) is 1.98. The number of carbonyl (C=O) groups is 2. The number of amides is 1. The molecular weight excluding hydrogens is 294 g/mol. The number of alkyl carbamates (subject to hydrolysis) is 1. The molecule has 2 aromatic carbocycles. The lowest BCUT2D eigenvalue weighted by atomic mass is 10.1. The van der Waals surface area contributed by atoms with Gasteiger partial charge in [-0.1, -0.05) is 30.3 Å². The number of ether oxygens (including phenoxy) is 2. The predicted octanol–water partition coefficient (Wildman–Crippen LogP) is 3.66. The second-order valence-corrected chi connectivity index (χ2v) is 6.30. The van der Waals surface area contributed by atoms with Crippen LogP contribution in [0, 0.1) is 0 Å². The van der Waals surface area contributed by atoms with Crippen molar-refractivity contribution in [1.82, 2.24) is 5.32 Å². The van der Waals surface area contributed by atoms with Crippen LogP contribution in [0.1, 0.15) is 27.7 Å². The molecule has 1 N–H and O–H groups in total. The summed E-state index contributed by atoms with van der Waals surface area (Å²) in [5.41, 5.74) is -0.619. The monoisotopic (exact) mass is 315 g/mol. The van der Waals surface area contributed by atoms with Crippen molar-refractivity contribution in [3.63, 3.8) is 0 Å². The van der Waals surface area contributed by atoms with Crippen LogP contribution in [0.4, 0.5) is 4.79 Å². The van der Waals surface area contributed by atoms with Crippen molar-refractivity contribution in [2.45, 2.75) is 39.3 Å². The number of hydrogen-bond donors (Lipinski definition) is 1. The van der Waals surface area contributed by atoms with E-state index in [1.807, 2.05) is 30.3 Å². The third-order valence-corrected chi connectivity index (χ3v) is 3.03. The number of hydrogen-bond acceptors (Lipinski definition) is 4. The number of fused-ring (bicyclic) bond motifs is 1. The highest BCUT2D eigenvalue weighted by atomic mass is 16.6. The van der Waals surface area contributed by atoms with Crippen molar-refractivity contribution >= 4 is 22.8 Å². The summed E-state index contributed by atoms with van der Waals surface area (Å²) in [6.07, 6.45) is -0.652. The highest BCUT2D eigenvalue weighted by Crippen LogP contribution is 2.20. The van der Waals surface area contributed by atoms with Crippen LogP contribution in [0.25, 0.3) is 10.8 Å². The minimum atomic E-state index is -0.809. The molecule has 0 fully saturated rings. The average Bonchev–Trinajstić information content (AvgIpc) is 2.45. The first-order chi connectivity index (χ1) is 10.7. The third-order valence-electron chi connectivity index (χ3n) is 3.03. The molecule has 5 nitrogen and oxygen atoms in total. The first-order valence-corrected chi connectivity index (χ1v) is 7.44. The highest BCUT2D eigenvalue weighted by molar-refractivity contribution is 5.86. The fourth-order valence-corrected chi connectivity index (χ4v) is 1.98. The van der Waals surface area contributed by atoms with Gasteiger partial charge >= 0.3 is 12.1 Å². The fraction of sp³-hybridized carbons (Fsp3) is 0.333. The molecule has 0 heterocycles. The Morgan fingerprint density at radius 3 is 2.35 bits per heavy atom. The molecular formula is C18H21NO4. The molecule has 0 radical (unpaired) electrons. The number of nitrogens with one attached hydrogen (secondary N) is 1. The van der Waals surface area contributed by atoms with E-state index in [1.54, 1.807) is 39.8 Å². The molecule has 5 heteroatoms. The number of benzene rings is 2. The SMILES string of the molecule is C[C@H](NC(=O)OC(C)(C)C)C(=O)Oc1ccc2ccccc2c1. The van der Waals surface area contributed by atoms with Crippen LogP contribution in [0.15, 0.2) is 42.5 Å².